The summed E-state index contributed by atoms with van der Waals surface area (Å²) in [5.41, 5.74) is 1.73. The van der Waals surface area contributed by atoms with Crippen molar-refractivity contribution in [3.05, 3.63) is 52.5 Å². The van der Waals surface area contributed by atoms with Gasteiger partial charge in [0.25, 0.3) is 5.91 Å². The molecule has 94 valence electrons. The van der Waals surface area contributed by atoms with Gasteiger partial charge in [-0.25, -0.2) is 4.98 Å². The van der Waals surface area contributed by atoms with E-state index in [1.54, 1.807) is 12.5 Å². The number of nitrogens with zero attached hydrogens (tertiary/aromatic N) is 2. The van der Waals surface area contributed by atoms with Crippen LogP contribution in [0.25, 0.3) is 0 Å². The van der Waals surface area contributed by atoms with E-state index in [2.05, 4.69) is 26.2 Å². The standard InChI is InChI=1S/C13H14BrN3O/c1-10-2-3-12(14)11(8-10)13(18)16-5-7-17-6-4-15-9-17/h2-4,6,8-9H,5,7H2,1H3,(H,16,18). The average molecular weight is 308 g/mol. The van der Waals surface area contributed by atoms with Gasteiger partial charge >= 0.3 is 0 Å². The number of aryl methyl sites for hydroxylation is 1. The maximum Gasteiger partial charge on any atom is 0.252 e. The van der Waals surface area contributed by atoms with Gasteiger partial charge in [0.05, 0.1) is 11.9 Å². The zero-order valence-corrected chi connectivity index (χ0v) is 11.6. The highest BCUT2D eigenvalue weighted by Crippen LogP contribution is 2.17. The number of nitrogens with one attached hydrogen (secondary N) is 1. The molecule has 2 aromatic rings. The molecular weight excluding hydrogens is 294 g/mol. The number of carbonyl (C=O) groups is 1. The van der Waals surface area contributed by atoms with Crippen LogP contribution in [0.4, 0.5) is 0 Å². The second-order valence-electron chi connectivity index (χ2n) is 4.04. The number of aromatic nitrogens is 2. The van der Waals surface area contributed by atoms with Gasteiger partial charge < -0.3 is 9.88 Å². The van der Waals surface area contributed by atoms with Crippen molar-refractivity contribution in [2.45, 2.75) is 13.5 Å². The largest absolute Gasteiger partial charge is 0.350 e. The predicted octanol–water partition coefficient (Wildman–Crippen LogP) is 2.38. The van der Waals surface area contributed by atoms with Crippen molar-refractivity contribution in [2.75, 3.05) is 6.54 Å². The van der Waals surface area contributed by atoms with Crippen molar-refractivity contribution in [3.8, 4) is 0 Å². The van der Waals surface area contributed by atoms with Crippen molar-refractivity contribution >= 4 is 21.8 Å². The lowest BCUT2D eigenvalue weighted by atomic mass is 10.1. The lowest BCUT2D eigenvalue weighted by Gasteiger charge is -2.08. The summed E-state index contributed by atoms with van der Waals surface area (Å²) in [5, 5.41) is 2.89. The van der Waals surface area contributed by atoms with E-state index in [0.29, 0.717) is 12.1 Å². The summed E-state index contributed by atoms with van der Waals surface area (Å²) in [6.45, 7) is 3.26. The van der Waals surface area contributed by atoms with Crippen LogP contribution in [0, 0.1) is 6.92 Å². The lowest BCUT2D eigenvalue weighted by molar-refractivity contribution is 0.0951. The predicted molar refractivity (Wildman–Crippen MR) is 73.4 cm³/mol. The van der Waals surface area contributed by atoms with Crippen molar-refractivity contribution in [3.63, 3.8) is 0 Å². The molecule has 0 spiro atoms. The summed E-state index contributed by atoms with van der Waals surface area (Å²) < 4.78 is 2.74. The van der Waals surface area contributed by atoms with Gasteiger partial charge in [-0.05, 0) is 35.0 Å². The Hall–Kier alpha value is -1.62. The Bertz CT molecular complexity index is 537. The van der Waals surface area contributed by atoms with Crippen LogP contribution >= 0.6 is 15.9 Å². The van der Waals surface area contributed by atoms with Gasteiger partial charge in [-0.15, -0.1) is 0 Å². The molecule has 0 unspecified atom stereocenters. The summed E-state index contributed by atoms with van der Waals surface area (Å²) >= 11 is 3.39. The van der Waals surface area contributed by atoms with Gasteiger partial charge in [0.2, 0.25) is 0 Å². The molecule has 0 fully saturated rings. The molecule has 1 aromatic heterocycles. The third-order valence-corrected chi connectivity index (χ3v) is 3.27. The van der Waals surface area contributed by atoms with Gasteiger partial charge in [-0.3, -0.25) is 4.79 Å². The van der Waals surface area contributed by atoms with E-state index in [4.69, 9.17) is 0 Å². The highest BCUT2D eigenvalue weighted by molar-refractivity contribution is 9.10. The van der Waals surface area contributed by atoms with Crippen LogP contribution in [0.15, 0.2) is 41.4 Å². The van der Waals surface area contributed by atoms with Crippen molar-refractivity contribution in [1.82, 2.24) is 14.9 Å². The molecule has 5 heteroatoms. The summed E-state index contributed by atoms with van der Waals surface area (Å²) in [5.74, 6) is -0.0642. The first kappa shape index (κ1) is 12.8. The molecule has 0 aliphatic heterocycles. The fourth-order valence-electron chi connectivity index (χ4n) is 1.63. The van der Waals surface area contributed by atoms with E-state index in [9.17, 15) is 4.79 Å². The Morgan fingerprint density at radius 3 is 3.06 bits per heavy atom. The maximum atomic E-state index is 12.0. The second-order valence-corrected chi connectivity index (χ2v) is 4.89. The van der Waals surface area contributed by atoms with Crippen LogP contribution < -0.4 is 5.32 Å². The first-order valence-electron chi connectivity index (χ1n) is 5.67. The van der Waals surface area contributed by atoms with E-state index < -0.39 is 0 Å². The summed E-state index contributed by atoms with van der Waals surface area (Å²) in [6, 6.07) is 5.73. The minimum Gasteiger partial charge on any atom is -0.350 e. The molecule has 0 aliphatic carbocycles. The molecule has 0 radical (unpaired) electrons. The maximum absolute atomic E-state index is 12.0. The van der Waals surface area contributed by atoms with Crippen molar-refractivity contribution in [1.29, 1.82) is 0 Å². The third kappa shape index (κ3) is 3.20. The smallest absolute Gasteiger partial charge is 0.252 e. The summed E-state index contributed by atoms with van der Waals surface area (Å²) in [6.07, 6.45) is 5.32. The van der Waals surface area contributed by atoms with E-state index >= 15 is 0 Å². The first-order valence-corrected chi connectivity index (χ1v) is 6.46. The zero-order valence-electron chi connectivity index (χ0n) is 10.1. The molecule has 18 heavy (non-hydrogen) atoms. The number of imidazole rings is 1. The fraction of sp³-hybridized carbons (Fsp3) is 0.231. The second kappa shape index (κ2) is 5.82. The fourth-order valence-corrected chi connectivity index (χ4v) is 2.05. The van der Waals surface area contributed by atoms with Crippen LogP contribution in [-0.4, -0.2) is 22.0 Å². The SMILES string of the molecule is Cc1ccc(Br)c(C(=O)NCCn2ccnc2)c1. The molecule has 2 rings (SSSR count). The number of carbonyl (C=O) groups excluding carboxylic acids is 1. The molecule has 0 aliphatic rings. The molecule has 4 nitrogen and oxygen atoms in total. The lowest BCUT2D eigenvalue weighted by Crippen LogP contribution is -2.27. The summed E-state index contributed by atoms with van der Waals surface area (Å²) in [7, 11) is 0. The Morgan fingerprint density at radius 1 is 1.50 bits per heavy atom. The number of rotatable bonds is 4. The Labute approximate surface area is 114 Å². The quantitative estimate of drug-likeness (QED) is 0.942. The Balaban J connectivity index is 1.93. The molecular formula is C13H14BrN3O. The highest BCUT2D eigenvalue weighted by atomic mass is 79.9. The van der Waals surface area contributed by atoms with Gasteiger partial charge in [-0.2, -0.15) is 0 Å². The minimum absolute atomic E-state index is 0.0642. The number of amides is 1. The van der Waals surface area contributed by atoms with Gasteiger partial charge in [0.1, 0.15) is 0 Å². The average Bonchev–Trinajstić information content (AvgIpc) is 2.85. The summed E-state index contributed by atoms with van der Waals surface area (Å²) in [4.78, 5) is 15.9. The number of hydrogen-bond donors (Lipinski definition) is 1. The molecule has 1 heterocycles. The van der Waals surface area contributed by atoms with E-state index in [0.717, 1.165) is 16.6 Å². The zero-order chi connectivity index (χ0) is 13.0. The molecule has 1 N–H and O–H groups in total. The van der Waals surface area contributed by atoms with E-state index in [1.807, 2.05) is 35.9 Å². The van der Waals surface area contributed by atoms with E-state index in [-0.39, 0.29) is 5.91 Å². The third-order valence-electron chi connectivity index (χ3n) is 2.58. The van der Waals surface area contributed by atoms with Crippen LogP contribution in [0.2, 0.25) is 0 Å². The van der Waals surface area contributed by atoms with Crippen LogP contribution in [0.3, 0.4) is 0 Å². The van der Waals surface area contributed by atoms with Gasteiger partial charge in [0, 0.05) is 30.0 Å². The number of benzene rings is 1. The molecule has 0 saturated heterocycles. The number of hydrogen-bond acceptors (Lipinski definition) is 2. The molecule has 1 aromatic carbocycles. The normalized spacial score (nSPS) is 10.3. The minimum atomic E-state index is -0.0642. The van der Waals surface area contributed by atoms with Crippen LogP contribution in [0.5, 0.6) is 0 Å². The highest BCUT2D eigenvalue weighted by Gasteiger charge is 2.09. The monoisotopic (exact) mass is 307 g/mol. The topological polar surface area (TPSA) is 46.9 Å². The van der Waals surface area contributed by atoms with Gasteiger partial charge in [-0.1, -0.05) is 11.6 Å². The van der Waals surface area contributed by atoms with Crippen molar-refractivity contribution < 1.29 is 4.79 Å². The van der Waals surface area contributed by atoms with Crippen LogP contribution in [-0.2, 0) is 6.54 Å². The van der Waals surface area contributed by atoms with Crippen molar-refractivity contribution in [2.24, 2.45) is 0 Å². The molecule has 1 amide bonds. The van der Waals surface area contributed by atoms with E-state index in [1.165, 1.54) is 0 Å². The molecule has 0 bridgehead atoms. The Morgan fingerprint density at radius 2 is 2.33 bits per heavy atom. The number of halogens is 1. The molecule has 0 atom stereocenters. The first-order chi connectivity index (χ1) is 8.66. The Kier molecular flexibility index (Phi) is 4.15. The van der Waals surface area contributed by atoms with Crippen LogP contribution in [0.1, 0.15) is 15.9 Å². The molecule has 0 saturated carbocycles. The van der Waals surface area contributed by atoms with Gasteiger partial charge in [0.15, 0.2) is 0 Å².